The number of carbonyl (C=O) groups is 3. The number of ether oxygens (including phenoxy) is 3. The predicted octanol–water partition coefficient (Wildman–Crippen LogP) is 3.22. The van der Waals surface area contributed by atoms with Crippen LogP contribution in [-0.4, -0.2) is 60.1 Å². The monoisotopic (exact) mass is 472 g/mol. The number of carbonyl (C=O) groups excluding carboxylic acids is 2. The van der Waals surface area contributed by atoms with Crippen molar-refractivity contribution < 1.29 is 33.7 Å². The van der Waals surface area contributed by atoms with E-state index in [2.05, 4.69) is 5.43 Å². The Bertz CT molecular complexity index is 973. The maximum absolute atomic E-state index is 13.1. The third kappa shape index (κ3) is 8.08. The molecule has 2 aromatic rings. The van der Waals surface area contributed by atoms with Gasteiger partial charge in [0.2, 0.25) is 0 Å². The first kappa shape index (κ1) is 26.7. The Morgan fingerprint density at radius 2 is 1.62 bits per heavy atom. The Balaban J connectivity index is 2.41. The molecule has 34 heavy (non-hydrogen) atoms. The highest BCUT2D eigenvalue weighted by Gasteiger charge is 2.37. The number of rotatable bonds is 10. The van der Waals surface area contributed by atoms with E-state index in [1.165, 1.54) is 14.2 Å². The number of hydrazine groups is 1. The van der Waals surface area contributed by atoms with E-state index in [1.807, 2.05) is 6.07 Å². The number of amides is 1. The van der Waals surface area contributed by atoms with E-state index in [-0.39, 0.29) is 12.8 Å². The van der Waals surface area contributed by atoms with Crippen LogP contribution in [0, 0.1) is 0 Å². The smallest absolute Gasteiger partial charge is 0.425 e. The third-order valence-corrected chi connectivity index (χ3v) is 4.81. The van der Waals surface area contributed by atoms with Crippen molar-refractivity contribution in [2.45, 2.75) is 51.3 Å². The van der Waals surface area contributed by atoms with Crippen molar-refractivity contribution in [1.82, 2.24) is 10.4 Å². The van der Waals surface area contributed by atoms with Crippen molar-refractivity contribution in [2.24, 2.45) is 0 Å². The molecular formula is C25H32N2O7. The van der Waals surface area contributed by atoms with Gasteiger partial charge < -0.3 is 19.3 Å². The molecule has 0 saturated heterocycles. The van der Waals surface area contributed by atoms with E-state index in [1.54, 1.807) is 69.3 Å². The van der Waals surface area contributed by atoms with Crippen molar-refractivity contribution >= 4 is 18.0 Å². The summed E-state index contributed by atoms with van der Waals surface area (Å²) in [7, 11) is 2.72. The average molecular weight is 473 g/mol. The maximum Gasteiger partial charge on any atom is 0.425 e. The Kier molecular flexibility index (Phi) is 9.44. The number of methoxy groups -OCH3 is 2. The number of benzene rings is 2. The van der Waals surface area contributed by atoms with Crippen molar-refractivity contribution in [3.05, 3.63) is 65.7 Å². The highest BCUT2D eigenvalue weighted by molar-refractivity contribution is 5.82. The molecule has 0 radical (unpaired) electrons. The van der Waals surface area contributed by atoms with E-state index >= 15 is 0 Å². The van der Waals surface area contributed by atoms with Crippen LogP contribution in [-0.2, 0) is 31.9 Å². The number of hydrogen-bond acceptors (Lipinski definition) is 7. The molecule has 2 rings (SSSR count). The minimum absolute atomic E-state index is 0.0189. The number of nitrogens with zero attached hydrogens (tertiary/aromatic N) is 1. The molecule has 0 unspecified atom stereocenters. The molecule has 2 N–H and O–H groups in total. The highest BCUT2D eigenvalue weighted by Crippen LogP contribution is 2.18. The molecule has 0 aliphatic carbocycles. The number of carboxylic acids is 1. The summed E-state index contributed by atoms with van der Waals surface area (Å²) < 4.78 is 15.6. The second-order valence-corrected chi connectivity index (χ2v) is 8.65. The number of nitrogens with one attached hydrogen (secondary N) is 1. The Labute approximate surface area is 199 Å². The van der Waals surface area contributed by atoms with Crippen LogP contribution in [0.3, 0.4) is 0 Å². The Hall–Kier alpha value is -3.59. The van der Waals surface area contributed by atoms with E-state index < -0.39 is 35.7 Å². The molecule has 0 spiro atoms. The van der Waals surface area contributed by atoms with E-state index in [0.29, 0.717) is 11.3 Å². The second-order valence-electron chi connectivity index (χ2n) is 8.65. The molecule has 0 aromatic heterocycles. The molecule has 0 aliphatic rings. The third-order valence-electron chi connectivity index (χ3n) is 4.81. The van der Waals surface area contributed by atoms with Gasteiger partial charge in [0.1, 0.15) is 17.4 Å². The minimum Gasteiger partial charge on any atom is -0.497 e. The molecule has 1 amide bonds. The summed E-state index contributed by atoms with van der Waals surface area (Å²) in [5, 5.41) is 10.8. The number of hydrogen-bond donors (Lipinski definition) is 2. The van der Waals surface area contributed by atoms with Crippen molar-refractivity contribution in [2.75, 3.05) is 14.2 Å². The summed E-state index contributed by atoms with van der Waals surface area (Å²) >= 11 is 0. The zero-order valence-electron chi connectivity index (χ0n) is 20.1. The van der Waals surface area contributed by atoms with Crippen LogP contribution >= 0.6 is 0 Å². The lowest BCUT2D eigenvalue weighted by Gasteiger charge is -2.34. The molecule has 184 valence electrons. The average Bonchev–Trinajstić information content (AvgIpc) is 2.79. The van der Waals surface area contributed by atoms with Gasteiger partial charge in [0.15, 0.2) is 6.04 Å². The largest absolute Gasteiger partial charge is 0.497 e. The first-order valence-corrected chi connectivity index (χ1v) is 10.8. The molecule has 0 saturated carbocycles. The minimum atomic E-state index is -1.25. The van der Waals surface area contributed by atoms with Crippen molar-refractivity contribution in [3.8, 4) is 5.75 Å². The maximum atomic E-state index is 13.1. The molecular weight excluding hydrogens is 440 g/mol. The summed E-state index contributed by atoms with van der Waals surface area (Å²) in [6.45, 7) is 5.04. The van der Waals surface area contributed by atoms with Crippen LogP contribution < -0.4 is 10.2 Å². The zero-order valence-corrected chi connectivity index (χ0v) is 20.1. The van der Waals surface area contributed by atoms with Crippen LogP contribution in [0.4, 0.5) is 4.79 Å². The Morgan fingerprint density at radius 3 is 2.18 bits per heavy atom. The van der Waals surface area contributed by atoms with Gasteiger partial charge in [-0.3, -0.25) is 4.79 Å². The van der Waals surface area contributed by atoms with Crippen LogP contribution in [0.5, 0.6) is 5.75 Å². The van der Waals surface area contributed by atoms with Gasteiger partial charge in [0.25, 0.3) is 0 Å². The Morgan fingerprint density at radius 1 is 0.971 bits per heavy atom. The summed E-state index contributed by atoms with van der Waals surface area (Å²) in [6.07, 6.45) is -0.785. The molecule has 9 nitrogen and oxygen atoms in total. The van der Waals surface area contributed by atoms with E-state index in [4.69, 9.17) is 14.2 Å². The molecule has 9 heteroatoms. The molecule has 0 bridgehead atoms. The van der Waals surface area contributed by atoms with E-state index in [9.17, 15) is 19.5 Å². The number of esters is 1. The summed E-state index contributed by atoms with van der Waals surface area (Å²) in [6, 6.07) is 13.6. The van der Waals surface area contributed by atoms with Gasteiger partial charge >= 0.3 is 18.0 Å². The fourth-order valence-electron chi connectivity index (χ4n) is 3.23. The lowest BCUT2D eigenvalue weighted by molar-refractivity contribution is -0.151. The highest BCUT2D eigenvalue weighted by atomic mass is 16.6. The molecule has 0 fully saturated rings. The lowest BCUT2D eigenvalue weighted by atomic mass is 10.0. The standard InChI is InChI=1S/C25H32N2O7/c1-25(2,3)34-24(31)27(21(23(30)33-5)16-17-10-7-6-8-11-17)26-20(22(28)29)15-18-12-9-13-19(14-18)32-4/h6-14,20-21,26H,15-16H2,1-5H3,(H,28,29)/t20-,21-/m0/s1. The van der Waals surface area contributed by atoms with Crippen LogP contribution in [0.25, 0.3) is 0 Å². The number of carboxylic acid groups (broad SMARTS) is 1. The van der Waals surface area contributed by atoms with Crippen LogP contribution in [0.2, 0.25) is 0 Å². The van der Waals surface area contributed by atoms with Gasteiger partial charge in [0, 0.05) is 12.8 Å². The molecule has 0 aliphatic heterocycles. The summed E-state index contributed by atoms with van der Waals surface area (Å²) in [4.78, 5) is 38.0. The zero-order chi connectivity index (χ0) is 25.3. The van der Waals surface area contributed by atoms with E-state index in [0.717, 1.165) is 10.6 Å². The SMILES string of the molecule is COC(=O)[C@H](Cc1ccccc1)N(N[C@@H](Cc1cccc(OC)c1)C(=O)O)C(=O)OC(C)(C)C. The molecule has 0 heterocycles. The summed E-state index contributed by atoms with van der Waals surface area (Å²) in [5.74, 6) is -1.35. The van der Waals surface area contributed by atoms with Gasteiger partial charge in [-0.15, -0.1) is 0 Å². The lowest BCUT2D eigenvalue weighted by Crippen LogP contribution is -2.60. The fraction of sp³-hybridized carbons (Fsp3) is 0.400. The fourth-order valence-corrected chi connectivity index (χ4v) is 3.23. The van der Waals surface area contributed by atoms with Crippen LogP contribution in [0.1, 0.15) is 31.9 Å². The first-order chi connectivity index (χ1) is 16.0. The molecule has 2 aromatic carbocycles. The van der Waals surface area contributed by atoms with Crippen LogP contribution in [0.15, 0.2) is 54.6 Å². The number of aliphatic carboxylic acids is 1. The van der Waals surface area contributed by atoms with Crippen molar-refractivity contribution in [3.63, 3.8) is 0 Å². The van der Waals surface area contributed by atoms with Gasteiger partial charge in [-0.25, -0.2) is 20.0 Å². The first-order valence-electron chi connectivity index (χ1n) is 10.8. The summed E-state index contributed by atoms with van der Waals surface area (Å²) in [5.41, 5.74) is 3.26. The topological polar surface area (TPSA) is 114 Å². The predicted molar refractivity (Wildman–Crippen MR) is 125 cm³/mol. The quantitative estimate of drug-likeness (QED) is 0.400. The van der Waals surface area contributed by atoms with Gasteiger partial charge in [-0.1, -0.05) is 42.5 Å². The van der Waals surface area contributed by atoms with Crippen molar-refractivity contribution in [1.29, 1.82) is 0 Å². The molecule has 2 atom stereocenters. The van der Waals surface area contributed by atoms with Gasteiger partial charge in [-0.05, 0) is 44.0 Å². The normalized spacial score (nSPS) is 12.9. The van der Waals surface area contributed by atoms with Gasteiger partial charge in [-0.2, -0.15) is 0 Å². The van der Waals surface area contributed by atoms with Gasteiger partial charge in [0.05, 0.1) is 14.2 Å². The second kappa shape index (κ2) is 12.0.